The Hall–Kier alpha value is -2.22. The van der Waals surface area contributed by atoms with Gasteiger partial charge in [0.2, 0.25) is 5.95 Å². The summed E-state index contributed by atoms with van der Waals surface area (Å²) in [7, 11) is 1.15. The van der Waals surface area contributed by atoms with Gasteiger partial charge < -0.3 is 4.74 Å². The van der Waals surface area contributed by atoms with Crippen molar-refractivity contribution in [2.75, 3.05) is 7.11 Å². The number of esters is 1. The first kappa shape index (κ1) is 10.9. The van der Waals surface area contributed by atoms with Crippen molar-refractivity contribution in [3.8, 4) is 6.07 Å². The Morgan fingerprint density at radius 2 is 2.47 bits per heavy atom. The quantitative estimate of drug-likeness (QED) is 0.418. The minimum absolute atomic E-state index is 0.252. The molecule has 0 saturated carbocycles. The average molecular weight is 206 g/mol. The number of halogens is 1. The third-order valence-electron chi connectivity index (χ3n) is 1.62. The Morgan fingerprint density at radius 3 is 3.07 bits per heavy atom. The van der Waals surface area contributed by atoms with Gasteiger partial charge in [-0.3, -0.25) is 0 Å². The fourth-order valence-corrected chi connectivity index (χ4v) is 0.942. The maximum absolute atomic E-state index is 13.0. The van der Waals surface area contributed by atoms with Crippen molar-refractivity contribution in [3.63, 3.8) is 0 Å². The first-order valence-corrected chi connectivity index (χ1v) is 3.99. The number of nitrogens with zero attached hydrogens (tertiary/aromatic N) is 2. The van der Waals surface area contributed by atoms with Crippen molar-refractivity contribution in [2.45, 2.75) is 0 Å². The highest BCUT2D eigenvalue weighted by Gasteiger charge is 2.13. The van der Waals surface area contributed by atoms with Gasteiger partial charge in [-0.25, -0.2) is 9.78 Å². The summed E-state index contributed by atoms with van der Waals surface area (Å²) in [5.41, 5.74) is 0.205. The summed E-state index contributed by atoms with van der Waals surface area (Å²) in [6, 6.07) is 3.04. The minimum Gasteiger partial charge on any atom is -0.465 e. The summed E-state index contributed by atoms with van der Waals surface area (Å²) in [6.45, 7) is 0. The fraction of sp³-hybridized carbons (Fsp3) is 0.100. The topological polar surface area (TPSA) is 63.0 Å². The Morgan fingerprint density at radius 1 is 1.73 bits per heavy atom. The summed E-state index contributed by atoms with van der Waals surface area (Å²) < 4.78 is 17.4. The van der Waals surface area contributed by atoms with Crippen LogP contribution >= 0.6 is 0 Å². The molecule has 5 heteroatoms. The minimum atomic E-state index is -0.893. The van der Waals surface area contributed by atoms with E-state index in [1.165, 1.54) is 24.4 Å². The SMILES string of the molecule is COC(=O)c1cc(C=CC#N)cnc1F. The van der Waals surface area contributed by atoms with Gasteiger partial charge in [-0.1, -0.05) is 0 Å². The highest BCUT2D eigenvalue weighted by Crippen LogP contribution is 2.10. The number of rotatable bonds is 2. The van der Waals surface area contributed by atoms with Crippen LogP contribution in [0.4, 0.5) is 4.39 Å². The number of hydrogen-bond donors (Lipinski definition) is 0. The lowest BCUT2D eigenvalue weighted by molar-refractivity contribution is 0.0594. The van der Waals surface area contributed by atoms with Gasteiger partial charge in [0.25, 0.3) is 0 Å². The lowest BCUT2D eigenvalue weighted by atomic mass is 10.2. The van der Waals surface area contributed by atoms with E-state index in [4.69, 9.17) is 5.26 Å². The predicted octanol–water partition coefficient (Wildman–Crippen LogP) is 1.54. The van der Waals surface area contributed by atoms with Crippen LogP contribution in [0.3, 0.4) is 0 Å². The Kier molecular flexibility index (Phi) is 3.52. The zero-order valence-corrected chi connectivity index (χ0v) is 7.90. The molecular formula is C10H7FN2O2. The summed E-state index contributed by atoms with van der Waals surface area (Å²) in [5.74, 6) is -1.69. The van der Waals surface area contributed by atoms with Crippen molar-refractivity contribution in [1.82, 2.24) is 4.98 Å². The van der Waals surface area contributed by atoms with Crippen molar-refractivity contribution >= 4 is 12.0 Å². The zero-order valence-electron chi connectivity index (χ0n) is 7.90. The first-order chi connectivity index (χ1) is 7.19. The zero-order chi connectivity index (χ0) is 11.3. The molecule has 0 N–H and O–H groups in total. The molecule has 0 spiro atoms. The largest absolute Gasteiger partial charge is 0.465 e. The third kappa shape index (κ3) is 2.61. The van der Waals surface area contributed by atoms with E-state index in [9.17, 15) is 9.18 Å². The molecule has 0 fully saturated rings. The molecule has 0 unspecified atom stereocenters. The highest BCUT2D eigenvalue weighted by molar-refractivity contribution is 5.89. The van der Waals surface area contributed by atoms with Gasteiger partial charge in [0.15, 0.2) is 0 Å². The summed E-state index contributed by atoms with van der Waals surface area (Å²) in [4.78, 5) is 14.4. The Bertz CT molecular complexity index is 449. The van der Waals surface area contributed by atoms with Crippen LogP contribution in [0, 0.1) is 17.3 Å². The third-order valence-corrected chi connectivity index (χ3v) is 1.62. The van der Waals surface area contributed by atoms with Crippen LogP contribution < -0.4 is 0 Å². The lowest BCUT2D eigenvalue weighted by Gasteiger charge is -2.00. The van der Waals surface area contributed by atoms with Crippen LogP contribution in [0.5, 0.6) is 0 Å². The molecule has 0 aromatic carbocycles. The first-order valence-electron chi connectivity index (χ1n) is 3.99. The number of allylic oxidation sites excluding steroid dienone is 1. The number of carbonyl (C=O) groups is 1. The van der Waals surface area contributed by atoms with E-state index in [1.807, 2.05) is 0 Å². The number of nitriles is 1. The number of hydrogen-bond acceptors (Lipinski definition) is 4. The lowest BCUT2D eigenvalue weighted by Crippen LogP contribution is -2.06. The van der Waals surface area contributed by atoms with Crippen molar-refractivity contribution < 1.29 is 13.9 Å². The van der Waals surface area contributed by atoms with Crippen LogP contribution in [-0.2, 0) is 4.74 Å². The standard InChI is InChI=1S/C10H7FN2O2/c1-15-10(14)8-5-7(3-2-4-12)6-13-9(8)11/h2-3,5-6H,1H3. The maximum Gasteiger partial charge on any atom is 0.342 e. The van der Waals surface area contributed by atoms with Crippen LogP contribution in [0.25, 0.3) is 6.08 Å². The van der Waals surface area contributed by atoms with E-state index >= 15 is 0 Å². The maximum atomic E-state index is 13.0. The molecule has 0 bridgehead atoms. The average Bonchev–Trinajstić information content (AvgIpc) is 2.27. The van der Waals surface area contributed by atoms with Crippen LogP contribution in [0.1, 0.15) is 15.9 Å². The Labute approximate surface area is 85.6 Å². The van der Waals surface area contributed by atoms with Gasteiger partial charge in [0.05, 0.1) is 13.2 Å². The van der Waals surface area contributed by atoms with Gasteiger partial charge >= 0.3 is 5.97 Å². The number of ether oxygens (including phenoxy) is 1. The van der Waals surface area contributed by atoms with Gasteiger partial charge in [-0.15, -0.1) is 0 Å². The molecular weight excluding hydrogens is 199 g/mol. The molecule has 0 radical (unpaired) electrons. The van der Waals surface area contributed by atoms with E-state index in [0.29, 0.717) is 5.56 Å². The Balaban J connectivity index is 3.12. The molecule has 0 amide bonds. The van der Waals surface area contributed by atoms with E-state index in [0.717, 1.165) is 7.11 Å². The number of methoxy groups -OCH3 is 1. The molecule has 0 atom stereocenters. The molecule has 0 aliphatic heterocycles. The van der Waals surface area contributed by atoms with E-state index in [-0.39, 0.29) is 5.56 Å². The number of pyridine rings is 1. The number of carbonyl (C=O) groups excluding carboxylic acids is 1. The molecule has 0 aliphatic carbocycles. The molecule has 1 aromatic rings. The van der Waals surface area contributed by atoms with Crippen LogP contribution in [0.2, 0.25) is 0 Å². The van der Waals surface area contributed by atoms with Gasteiger partial charge in [0, 0.05) is 12.3 Å². The molecule has 1 heterocycles. The monoisotopic (exact) mass is 206 g/mol. The normalized spacial score (nSPS) is 9.93. The highest BCUT2D eigenvalue weighted by atomic mass is 19.1. The molecule has 0 saturated heterocycles. The van der Waals surface area contributed by atoms with Crippen molar-refractivity contribution in [3.05, 3.63) is 35.4 Å². The predicted molar refractivity (Wildman–Crippen MR) is 50.2 cm³/mol. The molecule has 0 aliphatic rings. The van der Waals surface area contributed by atoms with Gasteiger partial charge in [-0.2, -0.15) is 9.65 Å². The van der Waals surface area contributed by atoms with E-state index in [1.54, 1.807) is 6.07 Å². The van der Waals surface area contributed by atoms with E-state index in [2.05, 4.69) is 9.72 Å². The second kappa shape index (κ2) is 4.86. The van der Waals surface area contributed by atoms with Crippen LogP contribution in [0.15, 0.2) is 18.3 Å². The van der Waals surface area contributed by atoms with Gasteiger partial charge in [0.1, 0.15) is 5.56 Å². The van der Waals surface area contributed by atoms with Gasteiger partial charge in [-0.05, 0) is 17.7 Å². The summed E-state index contributed by atoms with van der Waals surface area (Å²) in [6.07, 6.45) is 3.84. The molecule has 4 nitrogen and oxygen atoms in total. The van der Waals surface area contributed by atoms with Crippen LogP contribution in [-0.4, -0.2) is 18.1 Å². The fourth-order valence-electron chi connectivity index (χ4n) is 0.942. The molecule has 1 aromatic heterocycles. The van der Waals surface area contributed by atoms with Crippen molar-refractivity contribution in [2.24, 2.45) is 0 Å². The summed E-state index contributed by atoms with van der Waals surface area (Å²) in [5, 5.41) is 8.28. The second-order valence-corrected chi connectivity index (χ2v) is 2.56. The molecule has 76 valence electrons. The summed E-state index contributed by atoms with van der Waals surface area (Å²) >= 11 is 0. The van der Waals surface area contributed by atoms with E-state index < -0.39 is 11.9 Å². The van der Waals surface area contributed by atoms with Crippen molar-refractivity contribution in [1.29, 1.82) is 5.26 Å². The second-order valence-electron chi connectivity index (χ2n) is 2.56. The smallest absolute Gasteiger partial charge is 0.342 e. The molecule has 15 heavy (non-hydrogen) atoms. The molecule has 1 rings (SSSR count). The number of aromatic nitrogens is 1.